The van der Waals surface area contributed by atoms with Crippen LogP contribution in [0.3, 0.4) is 0 Å². The summed E-state index contributed by atoms with van der Waals surface area (Å²) in [6.07, 6.45) is 1.19. The molecule has 0 atom stereocenters. The quantitative estimate of drug-likeness (QED) is 0.551. The summed E-state index contributed by atoms with van der Waals surface area (Å²) in [5.74, 6) is -1.12. The molecule has 0 spiro atoms. The van der Waals surface area contributed by atoms with Gasteiger partial charge in [-0.1, -0.05) is 17.7 Å². The third kappa shape index (κ3) is 3.78. The molecule has 0 aliphatic carbocycles. The van der Waals surface area contributed by atoms with Crippen molar-refractivity contribution in [3.8, 4) is 0 Å². The maximum Gasteiger partial charge on any atom is 0.352 e. The molecule has 2 heterocycles. The third-order valence-corrected chi connectivity index (χ3v) is 4.35. The topological polar surface area (TPSA) is 142 Å². The van der Waals surface area contributed by atoms with Crippen molar-refractivity contribution in [3.05, 3.63) is 53.4 Å². The fraction of sp³-hybridized carbons (Fsp3) is 0.0769. The van der Waals surface area contributed by atoms with Gasteiger partial charge in [0.2, 0.25) is 5.78 Å². The first-order chi connectivity index (χ1) is 11.4. The number of rotatable bonds is 4. The number of aromatic amines is 1. The molecule has 0 bridgehead atoms. The molecule has 12 heteroatoms. The van der Waals surface area contributed by atoms with Gasteiger partial charge < -0.3 is 10.1 Å². The van der Waals surface area contributed by atoms with E-state index in [2.05, 4.69) is 25.0 Å². The van der Waals surface area contributed by atoms with Crippen molar-refractivity contribution in [3.63, 3.8) is 0 Å². The second kappa shape index (κ2) is 6.91. The minimum absolute atomic E-state index is 0. The zero-order valence-electron chi connectivity index (χ0n) is 12.7. The second-order valence-corrected chi connectivity index (χ2v) is 6.52. The highest BCUT2D eigenvalue weighted by Gasteiger charge is 2.13. The summed E-state index contributed by atoms with van der Waals surface area (Å²) in [6, 6.07) is 7.34. The van der Waals surface area contributed by atoms with E-state index in [1.807, 2.05) is 6.92 Å². The van der Waals surface area contributed by atoms with Crippen LogP contribution in [0.5, 0.6) is 0 Å². The van der Waals surface area contributed by atoms with Crippen LogP contribution in [0.4, 0.5) is 0 Å². The Morgan fingerprint density at radius 1 is 1.32 bits per heavy atom. The average Bonchev–Trinajstić information content (AvgIpc) is 3.01. The summed E-state index contributed by atoms with van der Waals surface area (Å²) in [5, 5.41) is 16.7. The van der Waals surface area contributed by atoms with Crippen molar-refractivity contribution < 1.29 is 18.3 Å². The van der Waals surface area contributed by atoms with E-state index in [1.54, 1.807) is 12.1 Å². The Labute approximate surface area is 147 Å². The van der Waals surface area contributed by atoms with Gasteiger partial charge in [-0.3, -0.25) is 0 Å². The first kappa shape index (κ1) is 18.4. The summed E-state index contributed by atoms with van der Waals surface area (Å²) in [6.45, 7) is 1.84. The van der Waals surface area contributed by atoms with Crippen molar-refractivity contribution in [2.75, 3.05) is 0 Å². The lowest BCUT2D eigenvalue weighted by Gasteiger charge is -2.04. The number of hydrogen-bond acceptors (Lipinski definition) is 6. The predicted octanol–water partition coefficient (Wildman–Crippen LogP) is 0.280. The average molecular weight is 385 g/mol. The lowest BCUT2D eigenvalue weighted by Crippen LogP contribution is -2.26. The molecule has 0 fully saturated rings. The van der Waals surface area contributed by atoms with Crippen molar-refractivity contribution in [1.29, 1.82) is 0 Å². The van der Waals surface area contributed by atoms with Gasteiger partial charge in [-0.05, 0) is 19.1 Å². The Hall–Kier alpha value is -2.92. The van der Waals surface area contributed by atoms with Crippen LogP contribution in [0.1, 0.15) is 16.1 Å². The highest BCUT2D eigenvalue weighted by atomic mass is 35.5. The molecule has 0 unspecified atom stereocenters. The fourth-order valence-corrected chi connectivity index (χ4v) is 2.73. The van der Waals surface area contributed by atoms with Crippen LogP contribution in [-0.4, -0.2) is 39.1 Å². The number of nitrogens with zero attached hydrogens (tertiary/aromatic N) is 4. The highest BCUT2D eigenvalue weighted by molar-refractivity contribution is 7.89. The lowest BCUT2D eigenvalue weighted by molar-refractivity contribution is 0.0690. The maximum absolute atomic E-state index is 12.2. The van der Waals surface area contributed by atoms with Crippen molar-refractivity contribution in [2.24, 2.45) is 5.10 Å². The van der Waals surface area contributed by atoms with Crippen LogP contribution >= 0.6 is 12.4 Å². The SMILES string of the molecule is Cc1ccc(S(=O)(=O)N/N=c2\cc(C(=O)O)[nH]c3ncnn23)cc1.Cl. The molecule has 3 aromatic rings. The summed E-state index contributed by atoms with van der Waals surface area (Å²) >= 11 is 0. The van der Waals surface area contributed by atoms with Gasteiger partial charge in [0.05, 0.1) is 4.90 Å². The van der Waals surface area contributed by atoms with E-state index >= 15 is 0 Å². The molecule has 0 saturated carbocycles. The summed E-state index contributed by atoms with van der Waals surface area (Å²) < 4.78 is 25.6. The Morgan fingerprint density at radius 3 is 2.64 bits per heavy atom. The van der Waals surface area contributed by atoms with Gasteiger partial charge >= 0.3 is 5.97 Å². The fourth-order valence-electron chi connectivity index (χ4n) is 1.91. The minimum Gasteiger partial charge on any atom is -0.477 e. The predicted molar refractivity (Wildman–Crippen MR) is 88.6 cm³/mol. The third-order valence-electron chi connectivity index (χ3n) is 3.13. The number of carboxylic acid groups (broad SMARTS) is 1. The molecule has 0 amide bonds. The number of aromatic carboxylic acids is 1. The van der Waals surface area contributed by atoms with E-state index in [0.29, 0.717) is 0 Å². The van der Waals surface area contributed by atoms with Crippen LogP contribution < -0.4 is 10.3 Å². The number of aryl methyl sites for hydroxylation is 1. The molecule has 3 rings (SSSR count). The zero-order valence-corrected chi connectivity index (χ0v) is 14.4. The van der Waals surface area contributed by atoms with E-state index in [0.717, 1.165) is 11.6 Å². The number of sulfonamides is 1. The van der Waals surface area contributed by atoms with Crippen LogP contribution in [0.15, 0.2) is 46.7 Å². The maximum atomic E-state index is 12.2. The summed E-state index contributed by atoms with van der Waals surface area (Å²) in [7, 11) is -3.90. The monoisotopic (exact) mass is 384 g/mol. The number of carbonyl (C=O) groups is 1. The Balaban J connectivity index is 0.00000225. The van der Waals surface area contributed by atoms with E-state index < -0.39 is 16.0 Å². The van der Waals surface area contributed by atoms with Crippen molar-refractivity contribution in [1.82, 2.24) is 24.4 Å². The van der Waals surface area contributed by atoms with Gasteiger partial charge in [0.1, 0.15) is 12.0 Å². The molecule has 3 N–H and O–H groups in total. The molecule has 0 radical (unpaired) electrons. The molecule has 2 aromatic heterocycles. The molecular weight excluding hydrogens is 372 g/mol. The molecule has 0 aliphatic heterocycles. The molecule has 0 aliphatic rings. The van der Waals surface area contributed by atoms with Gasteiger partial charge in [-0.2, -0.15) is 27.8 Å². The number of halogens is 1. The Morgan fingerprint density at radius 2 is 2.00 bits per heavy atom. The van der Waals surface area contributed by atoms with E-state index in [9.17, 15) is 13.2 Å². The molecule has 0 saturated heterocycles. The van der Waals surface area contributed by atoms with E-state index in [1.165, 1.54) is 23.0 Å². The van der Waals surface area contributed by atoms with Gasteiger partial charge in [-0.15, -0.1) is 17.5 Å². The van der Waals surface area contributed by atoms with Gasteiger partial charge in [0.15, 0.2) is 5.49 Å². The summed E-state index contributed by atoms with van der Waals surface area (Å²) in [5.41, 5.74) is 0.679. The normalized spacial score (nSPS) is 12.0. The van der Waals surface area contributed by atoms with E-state index in [4.69, 9.17) is 5.11 Å². The molecule has 1 aromatic carbocycles. The molecule has 10 nitrogen and oxygen atoms in total. The number of hydrogen-bond donors (Lipinski definition) is 3. The number of aromatic nitrogens is 4. The number of benzene rings is 1. The smallest absolute Gasteiger partial charge is 0.352 e. The molecule has 25 heavy (non-hydrogen) atoms. The Bertz CT molecular complexity index is 1090. The van der Waals surface area contributed by atoms with Gasteiger partial charge in [0.25, 0.3) is 10.0 Å². The molecule has 132 valence electrons. The lowest BCUT2D eigenvalue weighted by atomic mass is 10.2. The summed E-state index contributed by atoms with van der Waals surface area (Å²) in [4.78, 5) is 19.6. The number of nitrogens with one attached hydrogen (secondary N) is 2. The van der Waals surface area contributed by atoms with Crippen LogP contribution in [0, 0.1) is 6.92 Å². The number of H-pyrrole nitrogens is 1. The van der Waals surface area contributed by atoms with Crippen molar-refractivity contribution >= 4 is 34.2 Å². The largest absolute Gasteiger partial charge is 0.477 e. The standard InChI is InChI=1S/C13H12N6O4S.ClH/c1-8-2-4-9(5-3-8)24(22,23)18-17-11-6-10(12(20)21)16-13-14-7-15-19(11)13;/h2-7,18H,1H3,(H,20,21)(H,14,15,16);1H/b17-11+;. The van der Waals surface area contributed by atoms with Crippen molar-refractivity contribution in [2.45, 2.75) is 11.8 Å². The first-order valence-corrected chi connectivity index (χ1v) is 8.14. The first-order valence-electron chi connectivity index (χ1n) is 6.65. The van der Waals surface area contributed by atoms with Gasteiger partial charge in [-0.25, -0.2) is 4.79 Å². The minimum atomic E-state index is -3.90. The van der Waals surface area contributed by atoms with Gasteiger partial charge in [0, 0.05) is 6.07 Å². The number of fused-ring (bicyclic) bond motifs is 1. The zero-order chi connectivity index (χ0) is 17.3. The molecular formula is C13H13ClN6O4S. The van der Waals surface area contributed by atoms with E-state index in [-0.39, 0.29) is 34.3 Å². The van der Waals surface area contributed by atoms with Crippen LogP contribution in [-0.2, 0) is 10.0 Å². The highest BCUT2D eigenvalue weighted by Crippen LogP contribution is 2.09. The number of carboxylic acids is 1. The second-order valence-electron chi connectivity index (χ2n) is 4.86. The van der Waals surface area contributed by atoms with Crippen LogP contribution in [0.2, 0.25) is 0 Å². The Kier molecular flexibility index (Phi) is 5.09. The van der Waals surface area contributed by atoms with Crippen LogP contribution in [0.25, 0.3) is 5.78 Å².